The summed E-state index contributed by atoms with van der Waals surface area (Å²) in [6.07, 6.45) is 2.89. The molecule has 0 aliphatic carbocycles. The third-order valence-corrected chi connectivity index (χ3v) is 14.5. The number of ether oxygens (including phenoxy) is 1. The van der Waals surface area contributed by atoms with Gasteiger partial charge in [0.1, 0.15) is 16.8 Å². The Kier molecular flexibility index (Phi) is 7.74. The smallest absolute Gasteiger partial charge is 0.392 e. The first kappa shape index (κ1) is 35.2. The Hall–Kier alpha value is -7.04. The Morgan fingerprint density at radius 1 is 0.618 bits per heavy atom. The number of aromatic nitrogens is 3. The molecule has 1 spiro atoms. The molecule has 0 radical (unpaired) electrons. The van der Waals surface area contributed by atoms with E-state index in [0.717, 1.165) is 101 Å². The van der Waals surface area contributed by atoms with Gasteiger partial charge in [0.2, 0.25) is 5.69 Å². The molecule has 12 rings (SSSR count). The standard InChI is InChI=1S/C64H61N3O/c1-39(2)32-47-33-49(28-29-50(47)44-20-15-12-16-21-44)66-56-23-17-22-51-52-34-46(42-18-13-11-14-19-42)35-53-57-36-45(43-26-24-41(25-27-43)40(3)4)30-31-65(57)64(58(52)53)67(59(51)56)61(66)54-37-48(62(5,6)7)38-55(60(54)68-64)63(8,9)10/h11-31,33-40H,32H2,1-10H3/q+2/i8D3,9D3,40D. The number of imidazole rings is 1. The molecule has 0 saturated heterocycles. The van der Waals surface area contributed by atoms with Crippen LogP contribution in [0.5, 0.6) is 5.75 Å². The maximum absolute atomic E-state index is 9.20. The highest BCUT2D eigenvalue weighted by Crippen LogP contribution is 2.56. The van der Waals surface area contributed by atoms with Crippen LogP contribution in [0.2, 0.25) is 0 Å². The molecule has 9 aromatic rings. The molecule has 3 aliphatic heterocycles. The van der Waals surface area contributed by atoms with Gasteiger partial charge in [0.25, 0.3) is 0 Å². The Labute approximate surface area is 412 Å². The van der Waals surface area contributed by atoms with Gasteiger partial charge in [0.05, 0.1) is 5.56 Å². The highest BCUT2D eigenvalue weighted by Gasteiger charge is 2.69. The van der Waals surface area contributed by atoms with Gasteiger partial charge in [-0.3, -0.25) is 0 Å². The molecule has 1 unspecified atom stereocenters. The number of benzene rings is 7. The molecule has 68 heavy (non-hydrogen) atoms. The minimum atomic E-state index is -2.99. The van der Waals surface area contributed by atoms with Gasteiger partial charge in [0, 0.05) is 38.4 Å². The van der Waals surface area contributed by atoms with Gasteiger partial charge in [-0.1, -0.05) is 166 Å². The lowest BCUT2D eigenvalue weighted by atomic mass is 9.78. The van der Waals surface area contributed by atoms with Crippen LogP contribution in [0.25, 0.3) is 83.9 Å². The summed E-state index contributed by atoms with van der Waals surface area (Å²) in [6, 6.07) is 55.0. The summed E-state index contributed by atoms with van der Waals surface area (Å²) < 4.78 is 78.7. The fourth-order valence-electron chi connectivity index (χ4n) is 11.2. The molecule has 0 fully saturated rings. The minimum Gasteiger partial charge on any atom is -0.392 e. The Morgan fingerprint density at radius 2 is 1.32 bits per heavy atom. The second-order valence-corrected chi connectivity index (χ2v) is 21.0. The number of hydrogen-bond acceptors (Lipinski definition) is 1. The van der Waals surface area contributed by atoms with E-state index >= 15 is 0 Å². The molecule has 1 atom stereocenters. The molecule has 4 heteroatoms. The predicted molar refractivity (Wildman–Crippen MR) is 279 cm³/mol. The zero-order valence-corrected chi connectivity index (χ0v) is 40.1. The average Bonchev–Trinajstić information content (AvgIpc) is 4.09. The summed E-state index contributed by atoms with van der Waals surface area (Å²) in [7, 11) is 0. The van der Waals surface area contributed by atoms with Gasteiger partial charge >= 0.3 is 11.7 Å². The van der Waals surface area contributed by atoms with Crippen LogP contribution in [0.3, 0.4) is 0 Å². The van der Waals surface area contributed by atoms with Crippen molar-refractivity contribution in [2.45, 2.75) is 98.1 Å². The van der Waals surface area contributed by atoms with Crippen LogP contribution in [0.15, 0.2) is 164 Å². The van der Waals surface area contributed by atoms with Crippen LogP contribution in [-0.4, -0.2) is 4.57 Å². The molecular weight excluding hydrogens is 827 g/mol. The lowest BCUT2D eigenvalue weighted by Crippen LogP contribution is -2.78. The van der Waals surface area contributed by atoms with E-state index in [9.17, 15) is 8.22 Å². The molecule has 0 N–H and O–H groups in total. The first-order valence-corrected chi connectivity index (χ1v) is 24.0. The summed E-state index contributed by atoms with van der Waals surface area (Å²) in [4.78, 5) is 0. The molecule has 336 valence electrons. The van der Waals surface area contributed by atoms with E-state index in [1.165, 1.54) is 12.5 Å². The normalized spacial score (nSPS) is 17.5. The van der Waals surface area contributed by atoms with Gasteiger partial charge in [-0.05, 0) is 128 Å². The number of para-hydroxylation sites is 1. The van der Waals surface area contributed by atoms with Crippen molar-refractivity contribution in [3.05, 3.63) is 192 Å². The average molecular weight is 895 g/mol. The number of hydrogen-bond donors (Lipinski definition) is 0. The van der Waals surface area contributed by atoms with Crippen molar-refractivity contribution >= 4 is 11.0 Å². The summed E-state index contributed by atoms with van der Waals surface area (Å²) in [5.74, 6) is -0.984. The second-order valence-electron chi connectivity index (χ2n) is 21.0. The van der Waals surface area contributed by atoms with Crippen molar-refractivity contribution in [1.82, 2.24) is 4.57 Å². The molecule has 0 bridgehead atoms. The summed E-state index contributed by atoms with van der Waals surface area (Å²) in [5, 5.41) is 0. The van der Waals surface area contributed by atoms with Gasteiger partial charge in [0.15, 0.2) is 23.0 Å². The van der Waals surface area contributed by atoms with Gasteiger partial charge < -0.3 is 4.74 Å². The van der Waals surface area contributed by atoms with E-state index in [1.807, 2.05) is 38.1 Å². The van der Waals surface area contributed by atoms with E-state index in [1.54, 1.807) is 6.07 Å². The van der Waals surface area contributed by atoms with Crippen LogP contribution in [0, 0.1) is 5.92 Å². The van der Waals surface area contributed by atoms with Crippen molar-refractivity contribution in [2.24, 2.45) is 5.92 Å². The third-order valence-electron chi connectivity index (χ3n) is 14.5. The Morgan fingerprint density at radius 3 is 2.01 bits per heavy atom. The highest BCUT2D eigenvalue weighted by atomic mass is 16.5. The molecule has 0 saturated carbocycles. The van der Waals surface area contributed by atoms with E-state index in [-0.39, 0.29) is 11.3 Å². The van der Waals surface area contributed by atoms with Crippen LogP contribution in [0.1, 0.15) is 112 Å². The van der Waals surface area contributed by atoms with E-state index in [0.29, 0.717) is 11.5 Å². The van der Waals surface area contributed by atoms with E-state index < -0.39 is 36.3 Å². The summed E-state index contributed by atoms with van der Waals surface area (Å²) in [6.45, 7) is 9.88. The largest absolute Gasteiger partial charge is 0.499 e. The molecule has 2 aromatic heterocycles. The molecule has 4 nitrogen and oxygen atoms in total. The van der Waals surface area contributed by atoms with Crippen LogP contribution in [-0.2, 0) is 23.1 Å². The fourth-order valence-corrected chi connectivity index (χ4v) is 11.2. The van der Waals surface area contributed by atoms with Crippen molar-refractivity contribution in [3.63, 3.8) is 0 Å². The number of pyridine rings is 1. The molecule has 0 amide bonds. The fraction of sp³-hybridized carbons (Fsp3) is 0.250. The summed E-state index contributed by atoms with van der Waals surface area (Å²) in [5.41, 5.74) is 14.4. The van der Waals surface area contributed by atoms with Crippen LogP contribution in [0.4, 0.5) is 0 Å². The van der Waals surface area contributed by atoms with Crippen molar-refractivity contribution in [3.8, 4) is 78.6 Å². The lowest BCUT2D eigenvalue weighted by molar-refractivity contribution is -0.997. The second kappa shape index (κ2) is 15.0. The molecular formula is C64H61N3O+2. The zero-order chi connectivity index (χ0) is 52.9. The van der Waals surface area contributed by atoms with Crippen molar-refractivity contribution in [1.29, 1.82) is 0 Å². The van der Waals surface area contributed by atoms with Crippen LogP contribution < -0.4 is 13.9 Å². The minimum absolute atomic E-state index is 0.111. The number of fused-ring (bicyclic) bond motifs is 5. The molecule has 7 aromatic carbocycles. The number of nitrogens with zero attached hydrogens (tertiary/aromatic N) is 3. The SMILES string of the molecule is [2H]C(C)(C)c1ccc(-c2cc[n+]3c(c2)-c2cc(-c4ccccc4)cc4c2C32Oc3c(cc(C(C)(C)C)cc3C(C)(C([2H])([2H])[2H])C([2H])([2H])[2H])-c3n(-c5ccc(-c6ccccc6)c(CC(C)C)c5)c5cccc-4c5[n+]32)cc1. The summed E-state index contributed by atoms with van der Waals surface area (Å²) >= 11 is 0. The van der Waals surface area contributed by atoms with E-state index in [2.05, 4.69) is 182 Å². The van der Waals surface area contributed by atoms with Gasteiger partial charge in [-0.25, -0.2) is 0 Å². The molecule has 3 aliphatic rings. The topological polar surface area (TPSA) is 21.9 Å². The monoisotopic (exact) mass is 895 g/mol. The zero-order valence-electron chi connectivity index (χ0n) is 47.1. The van der Waals surface area contributed by atoms with Crippen molar-refractivity contribution in [2.75, 3.05) is 0 Å². The maximum Gasteiger partial charge on any atom is 0.499 e. The quantitative estimate of drug-likeness (QED) is 0.146. The highest BCUT2D eigenvalue weighted by molar-refractivity contribution is 5.99. The number of rotatable bonds is 7. The van der Waals surface area contributed by atoms with Gasteiger partial charge in [-0.15, -0.1) is 9.13 Å². The Balaban J connectivity index is 1.27. The predicted octanol–water partition coefficient (Wildman–Crippen LogP) is 15.4. The van der Waals surface area contributed by atoms with Gasteiger partial charge in [-0.2, -0.15) is 4.57 Å². The third kappa shape index (κ3) is 6.25. The Bertz CT molecular complexity index is 3790. The van der Waals surface area contributed by atoms with Crippen molar-refractivity contribution < 1.29 is 23.5 Å². The lowest BCUT2D eigenvalue weighted by Gasteiger charge is -2.36. The molecule has 5 heterocycles. The first-order chi connectivity index (χ1) is 35.4. The van der Waals surface area contributed by atoms with E-state index in [4.69, 9.17) is 6.11 Å². The first-order valence-electron chi connectivity index (χ1n) is 27.5. The maximum atomic E-state index is 9.20. The van der Waals surface area contributed by atoms with Crippen LogP contribution >= 0.6 is 0 Å².